The zero-order chi connectivity index (χ0) is 13.1. The summed E-state index contributed by atoms with van der Waals surface area (Å²) in [6.07, 6.45) is -1.85. The van der Waals surface area contributed by atoms with Crippen LogP contribution in [0, 0.1) is 0 Å². The Morgan fingerprint density at radius 3 is 1.65 bits per heavy atom. The SMILES string of the molecule is O=P(O)(O)OC(OP(=O)(O)O)c1ccccc1. The van der Waals surface area contributed by atoms with Crippen LogP contribution in [0.1, 0.15) is 11.9 Å². The second-order valence-corrected chi connectivity index (χ2v) is 5.32. The van der Waals surface area contributed by atoms with Gasteiger partial charge >= 0.3 is 15.6 Å². The van der Waals surface area contributed by atoms with Gasteiger partial charge in [-0.1, -0.05) is 30.3 Å². The van der Waals surface area contributed by atoms with Crippen LogP contribution in [0.2, 0.25) is 0 Å². The van der Waals surface area contributed by atoms with Gasteiger partial charge in [0.1, 0.15) is 0 Å². The minimum atomic E-state index is -4.94. The van der Waals surface area contributed by atoms with Crippen molar-refractivity contribution in [3.05, 3.63) is 35.9 Å². The van der Waals surface area contributed by atoms with E-state index in [9.17, 15) is 9.13 Å². The van der Waals surface area contributed by atoms with Gasteiger partial charge in [0.15, 0.2) is 0 Å². The van der Waals surface area contributed by atoms with Gasteiger partial charge < -0.3 is 19.6 Å². The summed E-state index contributed by atoms with van der Waals surface area (Å²) < 4.78 is 29.6. The summed E-state index contributed by atoms with van der Waals surface area (Å²) >= 11 is 0. The molecule has 96 valence electrons. The fraction of sp³-hybridized carbons (Fsp3) is 0.143. The van der Waals surface area contributed by atoms with Crippen molar-refractivity contribution in [2.24, 2.45) is 0 Å². The zero-order valence-electron chi connectivity index (χ0n) is 8.28. The third kappa shape index (κ3) is 6.07. The molecule has 4 N–H and O–H groups in total. The standard InChI is InChI=1S/C7H10O8P2/c8-16(9,10)14-7(15-17(11,12)13)6-4-2-1-3-5-6/h1-5,7H,(H2,8,9,10)(H2,11,12,13). The summed E-state index contributed by atoms with van der Waals surface area (Å²) in [5.41, 5.74) is 0.0687. The fourth-order valence-electron chi connectivity index (χ4n) is 1.00. The summed E-state index contributed by atoms with van der Waals surface area (Å²) in [6.45, 7) is 0. The number of rotatable bonds is 5. The van der Waals surface area contributed by atoms with Gasteiger partial charge in [0.25, 0.3) is 0 Å². The van der Waals surface area contributed by atoms with Crippen LogP contribution >= 0.6 is 15.6 Å². The number of phosphoric ester groups is 2. The molecule has 10 heteroatoms. The highest BCUT2D eigenvalue weighted by Gasteiger charge is 2.30. The van der Waals surface area contributed by atoms with Crippen molar-refractivity contribution in [2.75, 3.05) is 0 Å². The van der Waals surface area contributed by atoms with E-state index >= 15 is 0 Å². The first kappa shape index (κ1) is 14.5. The molecule has 0 aromatic heterocycles. The Kier molecular flexibility index (Phi) is 4.60. The first-order valence-electron chi connectivity index (χ1n) is 4.20. The van der Waals surface area contributed by atoms with Crippen LogP contribution in [0.3, 0.4) is 0 Å². The quantitative estimate of drug-likeness (QED) is 0.463. The maximum atomic E-state index is 10.6. The van der Waals surface area contributed by atoms with Crippen LogP contribution in [0.25, 0.3) is 0 Å². The molecule has 0 saturated carbocycles. The fourth-order valence-corrected chi connectivity index (χ4v) is 1.90. The molecule has 0 heterocycles. The lowest BCUT2D eigenvalue weighted by Gasteiger charge is -2.18. The summed E-state index contributed by atoms with van der Waals surface area (Å²) in [4.78, 5) is 34.4. The van der Waals surface area contributed by atoms with Crippen molar-refractivity contribution in [1.29, 1.82) is 0 Å². The topological polar surface area (TPSA) is 134 Å². The van der Waals surface area contributed by atoms with Crippen molar-refractivity contribution >= 4 is 15.6 Å². The van der Waals surface area contributed by atoms with E-state index in [0.29, 0.717) is 0 Å². The predicted molar refractivity (Wildman–Crippen MR) is 55.4 cm³/mol. The maximum absolute atomic E-state index is 10.6. The Morgan fingerprint density at radius 1 is 0.882 bits per heavy atom. The van der Waals surface area contributed by atoms with Gasteiger partial charge in [-0.15, -0.1) is 0 Å². The van der Waals surface area contributed by atoms with E-state index in [4.69, 9.17) is 19.6 Å². The van der Waals surface area contributed by atoms with E-state index in [1.807, 2.05) is 0 Å². The van der Waals surface area contributed by atoms with Gasteiger partial charge in [-0.3, -0.25) is 9.05 Å². The molecular weight excluding hydrogens is 274 g/mol. The highest BCUT2D eigenvalue weighted by molar-refractivity contribution is 7.47. The number of hydrogen-bond acceptors (Lipinski definition) is 4. The van der Waals surface area contributed by atoms with Crippen LogP contribution in [0.15, 0.2) is 30.3 Å². The molecule has 0 aliphatic carbocycles. The maximum Gasteiger partial charge on any atom is 0.472 e. The molecule has 0 spiro atoms. The summed E-state index contributed by atoms with van der Waals surface area (Å²) in [5.74, 6) is 0. The molecule has 0 fully saturated rings. The second kappa shape index (κ2) is 5.39. The monoisotopic (exact) mass is 284 g/mol. The average Bonchev–Trinajstić information content (AvgIpc) is 2.14. The van der Waals surface area contributed by atoms with E-state index < -0.39 is 21.9 Å². The van der Waals surface area contributed by atoms with Gasteiger partial charge in [-0.25, -0.2) is 9.13 Å². The number of hydrogen-bond donors (Lipinski definition) is 4. The van der Waals surface area contributed by atoms with E-state index in [0.717, 1.165) is 0 Å². The molecular formula is C7H10O8P2. The Balaban J connectivity index is 2.95. The van der Waals surface area contributed by atoms with Gasteiger partial charge in [0.05, 0.1) is 0 Å². The van der Waals surface area contributed by atoms with Crippen LogP contribution < -0.4 is 0 Å². The highest BCUT2D eigenvalue weighted by Crippen LogP contribution is 2.49. The minimum absolute atomic E-state index is 0.0687. The molecule has 8 nitrogen and oxygen atoms in total. The molecule has 1 rings (SSSR count). The Labute approximate surface area is 96.3 Å². The lowest BCUT2D eigenvalue weighted by atomic mass is 10.2. The third-order valence-corrected chi connectivity index (χ3v) is 2.47. The highest BCUT2D eigenvalue weighted by atomic mass is 31.2. The van der Waals surface area contributed by atoms with Crippen LogP contribution in [-0.4, -0.2) is 19.6 Å². The van der Waals surface area contributed by atoms with E-state index in [1.165, 1.54) is 24.3 Å². The van der Waals surface area contributed by atoms with Crippen molar-refractivity contribution in [1.82, 2.24) is 0 Å². The molecule has 17 heavy (non-hydrogen) atoms. The normalized spacial score (nSPS) is 13.0. The first-order chi connectivity index (χ1) is 7.67. The number of phosphoric acid groups is 2. The van der Waals surface area contributed by atoms with Crippen molar-refractivity contribution in [3.63, 3.8) is 0 Å². The van der Waals surface area contributed by atoms with Gasteiger partial charge in [0, 0.05) is 5.56 Å². The Morgan fingerprint density at radius 2 is 1.29 bits per heavy atom. The lowest BCUT2D eigenvalue weighted by Crippen LogP contribution is -2.06. The Hall–Kier alpha value is -0.560. The molecule has 0 radical (unpaired) electrons. The zero-order valence-corrected chi connectivity index (χ0v) is 10.1. The first-order valence-corrected chi connectivity index (χ1v) is 7.26. The summed E-state index contributed by atoms with van der Waals surface area (Å²) in [5, 5.41) is 0. The van der Waals surface area contributed by atoms with E-state index in [2.05, 4.69) is 9.05 Å². The van der Waals surface area contributed by atoms with E-state index in [-0.39, 0.29) is 5.56 Å². The van der Waals surface area contributed by atoms with Crippen LogP contribution in [0.5, 0.6) is 0 Å². The molecule has 0 atom stereocenters. The molecule has 0 amide bonds. The van der Waals surface area contributed by atoms with Crippen LogP contribution in [0.4, 0.5) is 0 Å². The second-order valence-electron chi connectivity index (χ2n) is 2.93. The van der Waals surface area contributed by atoms with Gasteiger partial charge in [-0.2, -0.15) is 0 Å². The molecule has 0 bridgehead atoms. The van der Waals surface area contributed by atoms with Gasteiger partial charge in [0.2, 0.25) is 6.29 Å². The number of benzene rings is 1. The summed E-state index contributed by atoms with van der Waals surface area (Å²) in [6, 6.07) is 7.28. The molecule has 0 aliphatic heterocycles. The average molecular weight is 284 g/mol. The Bertz CT molecular complexity index is 424. The molecule has 1 aromatic carbocycles. The van der Waals surface area contributed by atoms with Crippen molar-refractivity contribution in [2.45, 2.75) is 6.29 Å². The molecule has 0 saturated heterocycles. The molecule has 1 aromatic rings. The molecule has 0 unspecified atom stereocenters. The predicted octanol–water partition coefficient (Wildman–Crippen LogP) is 0.904. The third-order valence-electron chi connectivity index (χ3n) is 1.54. The van der Waals surface area contributed by atoms with Crippen LogP contribution in [-0.2, 0) is 18.2 Å². The molecule has 0 aliphatic rings. The van der Waals surface area contributed by atoms with Crippen molar-refractivity contribution in [3.8, 4) is 0 Å². The van der Waals surface area contributed by atoms with Gasteiger partial charge in [-0.05, 0) is 0 Å². The largest absolute Gasteiger partial charge is 0.472 e. The smallest absolute Gasteiger partial charge is 0.303 e. The van der Waals surface area contributed by atoms with Crippen molar-refractivity contribution < 1.29 is 37.8 Å². The minimum Gasteiger partial charge on any atom is -0.303 e. The lowest BCUT2D eigenvalue weighted by molar-refractivity contribution is -0.0355. The summed E-state index contributed by atoms with van der Waals surface area (Å²) in [7, 11) is -9.88. The van der Waals surface area contributed by atoms with E-state index in [1.54, 1.807) is 6.07 Å².